The molecule has 106 valence electrons. The molecule has 1 fully saturated rings. The second kappa shape index (κ2) is 6.12. The standard InChI is InChI=1S/C14H15ClN2O3/c1-19-10-2-3-11(15)12(8-10)17-13(18)14(9-16)4-6-20-7-5-14/h2-3,8H,4-7H2,1H3,(H,17,18). The summed E-state index contributed by atoms with van der Waals surface area (Å²) in [5, 5.41) is 12.5. The van der Waals surface area contributed by atoms with Gasteiger partial charge in [-0.2, -0.15) is 5.26 Å². The van der Waals surface area contributed by atoms with Crippen LogP contribution in [0, 0.1) is 16.7 Å². The van der Waals surface area contributed by atoms with Crippen molar-refractivity contribution < 1.29 is 14.3 Å². The van der Waals surface area contributed by atoms with Crippen LogP contribution in [-0.4, -0.2) is 26.2 Å². The Morgan fingerprint density at radius 2 is 2.20 bits per heavy atom. The number of nitrogens with one attached hydrogen (secondary N) is 1. The van der Waals surface area contributed by atoms with Crippen molar-refractivity contribution in [2.45, 2.75) is 12.8 Å². The summed E-state index contributed by atoms with van der Waals surface area (Å²) in [6.07, 6.45) is 0.772. The van der Waals surface area contributed by atoms with E-state index < -0.39 is 5.41 Å². The molecule has 0 spiro atoms. The number of hydrogen-bond donors (Lipinski definition) is 1. The summed E-state index contributed by atoms with van der Waals surface area (Å²) in [7, 11) is 1.53. The van der Waals surface area contributed by atoms with E-state index in [-0.39, 0.29) is 5.91 Å². The average Bonchev–Trinajstić information content (AvgIpc) is 2.50. The van der Waals surface area contributed by atoms with Crippen molar-refractivity contribution >= 4 is 23.2 Å². The number of hydrogen-bond acceptors (Lipinski definition) is 4. The van der Waals surface area contributed by atoms with Crippen molar-refractivity contribution in [2.24, 2.45) is 5.41 Å². The zero-order chi connectivity index (χ0) is 14.6. The maximum Gasteiger partial charge on any atom is 0.245 e. The van der Waals surface area contributed by atoms with Gasteiger partial charge in [0, 0.05) is 19.3 Å². The van der Waals surface area contributed by atoms with E-state index in [1.165, 1.54) is 7.11 Å². The number of nitriles is 1. The zero-order valence-electron chi connectivity index (χ0n) is 11.1. The van der Waals surface area contributed by atoms with Gasteiger partial charge in [0.2, 0.25) is 5.91 Å². The lowest BCUT2D eigenvalue weighted by Gasteiger charge is -2.29. The first-order valence-electron chi connectivity index (χ1n) is 6.25. The summed E-state index contributed by atoms with van der Waals surface area (Å²) in [6.45, 7) is 0.819. The molecule has 5 nitrogen and oxygen atoms in total. The van der Waals surface area contributed by atoms with Gasteiger partial charge in [-0.1, -0.05) is 11.6 Å². The highest BCUT2D eigenvalue weighted by Crippen LogP contribution is 2.33. The molecule has 0 unspecified atom stereocenters. The van der Waals surface area contributed by atoms with Gasteiger partial charge in [-0.25, -0.2) is 0 Å². The molecule has 0 saturated carbocycles. The maximum atomic E-state index is 12.4. The van der Waals surface area contributed by atoms with E-state index in [0.717, 1.165) is 0 Å². The van der Waals surface area contributed by atoms with Crippen LogP contribution in [0.5, 0.6) is 5.75 Å². The molecule has 0 bridgehead atoms. The van der Waals surface area contributed by atoms with Crippen molar-refractivity contribution in [3.63, 3.8) is 0 Å². The zero-order valence-corrected chi connectivity index (χ0v) is 11.9. The van der Waals surface area contributed by atoms with Crippen molar-refractivity contribution in [3.05, 3.63) is 23.2 Å². The SMILES string of the molecule is COc1ccc(Cl)c(NC(=O)C2(C#N)CCOCC2)c1. The van der Waals surface area contributed by atoms with Crippen LogP contribution in [0.3, 0.4) is 0 Å². The van der Waals surface area contributed by atoms with Crippen molar-refractivity contribution in [1.29, 1.82) is 5.26 Å². The lowest BCUT2D eigenvalue weighted by molar-refractivity contribution is -0.126. The fourth-order valence-electron chi connectivity index (χ4n) is 2.08. The minimum Gasteiger partial charge on any atom is -0.497 e. The van der Waals surface area contributed by atoms with Crippen molar-refractivity contribution in [3.8, 4) is 11.8 Å². The van der Waals surface area contributed by atoms with Crippen LogP contribution in [0.15, 0.2) is 18.2 Å². The van der Waals surface area contributed by atoms with E-state index in [0.29, 0.717) is 42.5 Å². The number of anilines is 1. The molecule has 0 atom stereocenters. The molecule has 6 heteroatoms. The fourth-order valence-corrected chi connectivity index (χ4v) is 2.24. The van der Waals surface area contributed by atoms with Gasteiger partial charge in [-0.15, -0.1) is 0 Å². The Hall–Kier alpha value is -1.77. The van der Waals surface area contributed by atoms with E-state index in [9.17, 15) is 10.1 Å². The molecule has 1 N–H and O–H groups in total. The van der Waals surface area contributed by atoms with Gasteiger partial charge >= 0.3 is 0 Å². The first-order chi connectivity index (χ1) is 9.61. The first kappa shape index (κ1) is 14.6. The van der Waals surface area contributed by atoms with Crippen LogP contribution in [0.25, 0.3) is 0 Å². The summed E-state index contributed by atoms with van der Waals surface area (Å²) in [5.74, 6) is 0.237. The van der Waals surface area contributed by atoms with E-state index in [1.807, 2.05) is 0 Å². The number of carbonyl (C=O) groups excluding carboxylic acids is 1. The Balaban J connectivity index is 2.20. The number of benzene rings is 1. The summed E-state index contributed by atoms with van der Waals surface area (Å²) in [5.41, 5.74) is -0.609. The van der Waals surface area contributed by atoms with E-state index in [2.05, 4.69) is 11.4 Å². The van der Waals surface area contributed by atoms with Gasteiger partial charge in [0.25, 0.3) is 0 Å². The Morgan fingerprint density at radius 1 is 1.50 bits per heavy atom. The van der Waals surface area contributed by atoms with Gasteiger partial charge in [0.05, 0.1) is 23.9 Å². The van der Waals surface area contributed by atoms with E-state index >= 15 is 0 Å². The summed E-state index contributed by atoms with van der Waals surface area (Å²) in [4.78, 5) is 12.4. The summed E-state index contributed by atoms with van der Waals surface area (Å²) >= 11 is 6.05. The second-order valence-corrected chi connectivity index (χ2v) is 5.01. The number of carbonyl (C=O) groups is 1. The number of ether oxygens (including phenoxy) is 2. The monoisotopic (exact) mass is 294 g/mol. The highest BCUT2D eigenvalue weighted by molar-refractivity contribution is 6.33. The van der Waals surface area contributed by atoms with Crippen LogP contribution in [0.2, 0.25) is 5.02 Å². The minimum atomic E-state index is -1.05. The lowest BCUT2D eigenvalue weighted by atomic mass is 9.81. The van der Waals surface area contributed by atoms with Gasteiger partial charge < -0.3 is 14.8 Å². The van der Waals surface area contributed by atoms with Crippen molar-refractivity contribution in [2.75, 3.05) is 25.6 Å². The predicted molar refractivity (Wildman–Crippen MR) is 74.7 cm³/mol. The molecule has 1 saturated heterocycles. The molecule has 1 aliphatic heterocycles. The van der Waals surface area contributed by atoms with Crippen LogP contribution >= 0.6 is 11.6 Å². The molecule has 1 amide bonds. The molecule has 0 radical (unpaired) electrons. The quantitative estimate of drug-likeness (QED) is 0.930. The number of methoxy groups -OCH3 is 1. The van der Waals surface area contributed by atoms with Crippen LogP contribution in [0.4, 0.5) is 5.69 Å². The van der Waals surface area contributed by atoms with Gasteiger partial charge in [0.15, 0.2) is 0 Å². The van der Waals surface area contributed by atoms with Gasteiger partial charge in [0.1, 0.15) is 11.2 Å². The van der Waals surface area contributed by atoms with Crippen LogP contribution < -0.4 is 10.1 Å². The van der Waals surface area contributed by atoms with Crippen molar-refractivity contribution in [1.82, 2.24) is 0 Å². The number of nitrogens with zero attached hydrogens (tertiary/aromatic N) is 1. The first-order valence-corrected chi connectivity index (χ1v) is 6.63. The number of amides is 1. The minimum absolute atomic E-state index is 0.349. The van der Waals surface area contributed by atoms with Crippen LogP contribution in [-0.2, 0) is 9.53 Å². The second-order valence-electron chi connectivity index (χ2n) is 4.61. The highest BCUT2D eigenvalue weighted by atomic mass is 35.5. The summed E-state index contributed by atoms with van der Waals surface area (Å²) < 4.78 is 10.3. The molecule has 1 heterocycles. The maximum absolute atomic E-state index is 12.4. The Labute approximate surface area is 122 Å². The fraction of sp³-hybridized carbons (Fsp3) is 0.429. The normalized spacial score (nSPS) is 17.1. The molecule has 1 aliphatic rings. The van der Waals surface area contributed by atoms with Gasteiger partial charge in [-0.3, -0.25) is 4.79 Å². The summed E-state index contributed by atoms with van der Waals surface area (Å²) in [6, 6.07) is 7.09. The Bertz CT molecular complexity index is 548. The lowest BCUT2D eigenvalue weighted by Crippen LogP contribution is -2.40. The van der Waals surface area contributed by atoms with E-state index in [4.69, 9.17) is 21.1 Å². The average molecular weight is 295 g/mol. The molecule has 20 heavy (non-hydrogen) atoms. The smallest absolute Gasteiger partial charge is 0.245 e. The third-order valence-electron chi connectivity index (χ3n) is 3.42. The van der Waals surface area contributed by atoms with Gasteiger partial charge in [-0.05, 0) is 25.0 Å². The number of halogens is 1. The molecule has 0 aromatic heterocycles. The molecular weight excluding hydrogens is 280 g/mol. The molecule has 1 aromatic rings. The third-order valence-corrected chi connectivity index (χ3v) is 3.75. The number of rotatable bonds is 3. The third kappa shape index (κ3) is 2.87. The topological polar surface area (TPSA) is 71.3 Å². The molecule has 2 rings (SSSR count). The highest BCUT2D eigenvalue weighted by Gasteiger charge is 2.40. The molecule has 1 aromatic carbocycles. The molecule has 0 aliphatic carbocycles. The predicted octanol–water partition coefficient (Wildman–Crippen LogP) is 2.61. The largest absolute Gasteiger partial charge is 0.497 e. The Kier molecular flexibility index (Phi) is 4.48. The Morgan fingerprint density at radius 3 is 2.80 bits per heavy atom. The molecular formula is C14H15ClN2O3. The van der Waals surface area contributed by atoms with Crippen LogP contribution in [0.1, 0.15) is 12.8 Å². The van der Waals surface area contributed by atoms with E-state index in [1.54, 1.807) is 18.2 Å².